The SMILES string of the molecule is CN(Cc1cccc(C#N)c1)C(=O)CS. The average molecular weight is 220 g/mol. The fourth-order valence-corrected chi connectivity index (χ4v) is 1.46. The smallest absolute Gasteiger partial charge is 0.232 e. The Hall–Kier alpha value is -1.47. The van der Waals surface area contributed by atoms with Gasteiger partial charge in [-0.3, -0.25) is 4.79 Å². The van der Waals surface area contributed by atoms with Gasteiger partial charge in [-0.15, -0.1) is 0 Å². The van der Waals surface area contributed by atoms with E-state index in [1.165, 1.54) is 0 Å². The minimum absolute atomic E-state index is 0.0271. The lowest BCUT2D eigenvalue weighted by atomic mass is 10.1. The maximum absolute atomic E-state index is 11.3. The predicted octanol–water partition coefficient (Wildman–Crippen LogP) is 1.45. The Morgan fingerprint density at radius 1 is 1.60 bits per heavy atom. The van der Waals surface area contributed by atoms with Crippen molar-refractivity contribution in [2.75, 3.05) is 12.8 Å². The Balaban J connectivity index is 2.73. The topological polar surface area (TPSA) is 44.1 Å². The Morgan fingerprint density at radius 3 is 2.93 bits per heavy atom. The summed E-state index contributed by atoms with van der Waals surface area (Å²) in [5, 5.41) is 8.71. The first-order chi connectivity index (χ1) is 7.17. The lowest BCUT2D eigenvalue weighted by Gasteiger charge is -2.15. The zero-order valence-electron chi connectivity index (χ0n) is 8.47. The third-order valence-electron chi connectivity index (χ3n) is 2.04. The fourth-order valence-electron chi connectivity index (χ4n) is 1.22. The van der Waals surface area contributed by atoms with Gasteiger partial charge in [0.1, 0.15) is 0 Å². The van der Waals surface area contributed by atoms with Crippen molar-refractivity contribution in [3.8, 4) is 6.07 Å². The third-order valence-corrected chi connectivity index (χ3v) is 2.31. The number of hydrogen-bond donors (Lipinski definition) is 1. The van der Waals surface area contributed by atoms with Crippen molar-refractivity contribution in [3.63, 3.8) is 0 Å². The highest BCUT2D eigenvalue weighted by atomic mass is 32.1. The van der Waals surface area contributed by atoms with Crippen molar-refractivity contribution in [3.05, 3.63) is 35.4 Å². The maximum Gasteiger partial charge on any atom is 0.232 e. The molecule has 0 aliphatic rings. The van der Waals surface area contributed by atoms with E-state index >= 15 is 0 Å². The van der Waals surface area contributed by atoms with E-state index in [4.69, 9.17) is 5.26 Å². The number of thiol groups is 1. The number of carbonyl (C=O) groups excluding carboxylic acids is 1. The highest BCUT2D eigenvalue weighted by Gasteiger charge is 2.06. The highest BCUT2D eigenvalue weighted by molar-refractivity contribution is 7.81. The van der Waals surface area contributed by atoms with E-state index in [9.17, 15) is 4.79 Å². The molecule has 1 rings (SSSR count). The van der Waals surface area contributed by atoms with Crippen LogP contribution in [0.1, 0.15) is 11.1 Å². The Kier molecular flexibility index (Phi) is 4.19. The van der Waals surface area contributed by atoms with Crippen LogP contribution in [0, 0.1) is 11.3 Å². The number of amides is 1. The van der Waals surface area contributed by atoms with Crippen molar-refractivity contribution in [2.45, 2.75) is 6.54 Å². The molecule has 1 aromatic rings. The van der Waals surface area contributed by atoms with E-state index in [1.54, 1.807) is 24.1 Å². The van der Waals surface area contributed by atoms with Crippen molar-refractivity contribution < 1.29 is 4.79 Å². The lowest BCUT2D eigenvalue weighted by Crippen LogP contribution is -2.27. The summed E-state index contributed by atoms with van der Waals surface area (Å²) < 4.78 is 0. The first-order valence-corrected chi connectivity index (χ1v) is 5.14. The molecule has 0 unspecified atom stereocenters. The second-order valence-corrected chi connectivity index (χ2v) is 3.54. The molecule has 1 amide bonds. The summed E-state index contributed by atoms with van der Waals surface area (Å²) >= 11 is 3.92. The summed E-state index contributed by atoms with van der Waals surface area (Å²) in [6.07, 6.45) is 0. The van der Waals surface area contributed by atoms with Gasteiger partial charge in [0.05, 0.1) is 17.4 Å². The first kappa shape index (κ1) is 11.6. The van der Waals surface area contributed by atoms with Crippen LogP contribution < -0.4 is 0 Å². The van der Waals surface area contributed by atoms with Gasteiger partial charge >= 0.3 is 0 Å². The van der Waals surface area contributed by atoms with Crippen LogP contribution in [0.5, 0.6) is 0 Å². The second-order valence-electron chi connectivity index (χ2n) is 3.22. The van der Waals surface area contributed by atoms with Crippen molar-refractivity contribution in [1.29, 1.82) is 5.26 Å². The maximum atomic E-state index is 11.3. The summed E-state index contributed by atoms with van der Waals surface area (Å²) in [5.41, 5.74) is 1.56. The van der Waals surface area contributed by atoms with Gasteiger partial charge in [0, 0.05) is 13.6 Å². The van der Waals surface area contributed by atoms with E-state index < -0.39 is 0 Å². The minimum Gasteiger partial charge on any atom is -0.341 e. The van der Waals surface area contributed by atoms with E-state index in [-0.39, 0.29) is 11.7 Å². The molecular weight excluding hydrogens is 208 g/mol. The fraction of sp³-hybridized carbons (Fsp3) is 0.273. The molecule has 0 fully saturated rings. The molecule has 15 heavy (non-hydrogen) atoms. The molecule has 0 aromatic heterocycles. The normalized spacial score (nSPS) is 9.40. The zero-order chi connectivity index (χ0) is 11.3. The Labute approximate surface area is 94.7 Å². The molecule has 3 nitrogen and oxygen atoms in total. The predicted molar refractivity (Wildman–Crippen MR) is 61.5 cm³/mol. The van der Waals surface area contributed by atoms with Gasteiger partial charge in [-0.1, -0.05) is 12.1 Å². The molecular formula is C11H12N2OS. The molecule has 0 aliphatic carbocycles. The molecule has 0 saturated carbocycles. The first-order valence-electron chi connectivity index (χ1n) is 4.51. The van der Waals surface area contributed by atoms with Gasteiger partial charge in [-0.05, 0) is 17.7 Å². The number of nitrogens with zero attached hydrogens (tertiary/aromatic N) is 2. The molecule has 0 N–H and O–H groups in total. The second kappa shape index (κ2) is 5.42. The van der Waals surface area contributed by atoms with Crippen molar-refractivity contribution in [1.82, 2.24) is 4.90 Å². The summed E-state index contributed by atoms with van der Waals surface area (Å²) in [6, 6.07) is 9.29. The van der Waals surface area contributed by atoms with Gasteiger partial charge in [-0.25, -0.2) is 0 Å². The van der Waals surface area contributed by atoms with Crippen molar-refractivity contribution in [2.24, 2.45) is 0 Å². The number of rotatable bonds is 3. The third kappa shape index (κ3) is 3.30. The molecule has 0 radical (unpaired) electrons. The van der Waals surface area contributed by atoms with Gasteiger partial charge in [0.25, 0.3) is 0 Å². The number of carbonyl (C=O) groups is 1. The summed E-state index contributed by atoms with van der Waals surface area (Å²) in [4.78, 5) is 12.8. The molecule has 0 atom stereocenters. The molecule has 0 aliphatic heterocycles. The van der Waals surface area contributed by atoms with E-state index in [0.29, 0.717) is 12.1 Å². The van der Waals surface area contributed by atoms with Crippen LogP contribution in [0.2, 0.25) is 0 Å². The van der Waals surface area contributed by atoms with Crippen molar-refractivity contribution >= 4 is 18.5 Å². The number of benzene rings is 1. The number of nitriles is 1. The standard InChI is InChI=1S/C11H12N2OS/c1-13(11(14)8-15)7-10-4-2-3-9(5-10)6-12/h2-5,15H,7-8H2,1H3. The molecule has 1 aromatic carbocycles. The monoisotopic (exact) mass is 220 g/mol. The summed E-state index contributed by atoms with van der Waals surface area (Å²) in [7, 11) is 1.72. The van der Waals surface area contributed by atoms with Gasteiger partial charge in [-0.2, -0.15) is 17.9 Å². The van der Waals surface area contributed by atoms with Gasteiger partial charge < -0.3 is 4.90 Å². The van der Waals surface area contributed by atoms with Gasteiger partial charge in [0.2, 0.25) is 5.91 Å². The highest BCUT2D eigenvalue weighted by Crippen LogP contribution is 2.07. The molecule has 4 heteroatoms. The van der Waals surface area contributed by atoms with Gasteiger partial charge in [0.15, 0.2) is 0 Å². The Morgan fingerprint density at radius 2 is 2.33 bits per heavy atom. The summed E-state index contributed by atoms with van der Waals surface area (Å²) in [6.45, 7) is 0.509. The van der Waals surface area contributed by atoms with Crippen LogP contribution >= 0.6 is 12.6 Å². The number of hydrogen-bond acceptors (Lipinski definition) is 3. The van der Waals surface area contributed by atoms with Crippen LogP contribution in [0.15, 0.2) is 24.3 Å². The average Bonchev–Trinajstić information content (AvgIpc) is 2.28. The Bertz CT molecular complexity index is 398. The minimum atomic E-state index is -0.0271. The molecule has 78 valence electrons. The van der Waals surface area contributed by atoms with E-state index in [2.05, 4.69) is 18.7 Å². The van der Waals surface area contributed by atoms with E-state index in [1.807, 2.05) is 12.1 Å². The van der Waals surface area contributed by atoms with Crippen LogP contribution in [0.25, 0.3) is 0 Å². The lowest BCUT2D eigenvalue weighted by molar-refractivity contribution is -0.127. The zero-order valence-corrected chi connectivity index (χ0v) is 9.37. The summed E-state index contributed by atoms with van der Waals surface area (Å²) in [5.74, 6) is 0.176. The van der Waals surface area contributed by atoms with Crippen LogP contribution in [-0.2, 0) is 11.3 Å². The van der Waals surface area contributed by atoms with Crippen LogP contribution in [-0.4, -0.2) is 23.6 Å². The molecule has 0 bridgehead atoms. The molecule has 0 spiro atoms. The molecule has 0 heterocycles. The van der Waals surface area contributed by atoms with Crippen LogP contribution in [0.3, 0.4) is 0 Å². The molecule has 0 saturated heterocycles. The largest absolute Gasteiger partial charge is 0.341 e. The van der Waals surface area contributed by atoms with E-state index in [0.717, 1.165) is 5.56 Å². The quantitative estimate of drug-likeness (QED) is 0.783. The van der Waals surface area contributed by atoms with Crippen LogP contribution in [0.4, 0.5) is 0 Å².